The molecule has 0 fully saturated rings. The van der Waals surface area contributed by atoms with Crippen molar-refractivity contribution in [2.75, 3.05) is 5.73 Å². The lowest BCUT2D eigenvalue weighted by Crippen LogP contribution is -2.05. The Balaban J connectivity index is 2.34. The minimum absolute atomic E-state index is 0.0850. The highest BCUT2D eigenvalue weighted by Crippen LogP contribution is 2.15. The van der Waals surface area contributed by atoms with Gasteiger partial charge >= 0.3 is 0 Å². The number of rotatable bonds is 3. The van der Waals surface area contributed by atoms with Gasteiger partial charge in [0.15, 0.2) is 5.78 Å². The fraction of sp³-hybridized carbons (Fsp3) is 0.143. The molecule has 0 atom stereocenters. The fourth-order valence-electron chi connectivity index (χ4n) is 1.64. The van der Waals surface area contributed by atoms with E-state index in [1.165, 1.54) is 11.8 Å². The van der Waals surface area contributed by atoms with Gasteiger partial charge in [-0.1, -0.05) is 31.2 Å². The van der Waals surface area contributed by atoms with E-state index in [4.69, 9.17) is 5.73 Å². The second-order valence-corrected chi connectivity index (χ2v) is 3.84. The third kappa shape index (κ3) is 2.33. The monoisotopic (exact) mass is 226 g/mol. The van der Waals surface area contributed by atoms with E-state index < -0.39 is 0 Å². The Labute approximate surface area is 100 Å². The van der Waals surface area contributed by atoms with Crippen LogP contribution >= 0.6 is 0 Å². The lowest BCUT2D eigenvalue weighted by Gasteiger charge is -2.04. The Morgan fingerprint density at radius 3 is 2.53 bits per heavy atom. The van der Waals surface area contributed by atoms with Gasteiger partial charge in [-0.2, -0.15) is 0 Å². The van der Waals surface area contributed by atoms with Gasteiger partial charge in [0.05, 0.1) is 5.56 Å². The summed E-state index contributed by atoms with van der Waals surface area (Å²) in [5.74, 6) is -0.0850. The molecule has 0 radical (unpaired) electrons. The Hall–Kier alpha value is -2.16. The summed E-state index contributed by atoms with van der Waals surface area (Å²) in [6, 6.07) is 9.20. The molecule has 0 aliphatic heterocycles. The zero-order valence-electron chi connectivity index (χ0n) is 9.68. The van der Waals surface area contributed by atoms with Crippen LogP contribution in [-0.2, 0) is 6.42 Å². The normalized spacial score (nSPS) is 10.2. The fourth-order valence-corrected chi connectivity index (χ4v) is 1.64. The smallest absolute Gasteiger partial charge is 0.196 e. The maximum absolute atomic E-state index is 12.1. The van der Waals surface area contributed by atoms with Crippen molar-refractivity contribution in [3.8, 4) is 0 Å². The summed E-state index contributed by atoms with van der Waals surface area (Å²) >= 11 is 0. The largest absolute Gasteiger partial charge is 0.398 e. The molecule has 2 rings (SSSR count). The topological polar surface area (TPSA) is 56.0 Å². The number of nitrogen functional groups attached to an aromatic ring is 1. The molecule has 0 saturated heterocycles. The molecule has 0 aliphatic carbocycles. The summed E-state index contributed by atoms with van der Waals surface area (Å²) in [7, 11) is 0. The van der Waals surface area contributed by atoms with Crippen molar-refractivity contribution in [2.45, 2.75) is 13.3 Å². The first-order valence-corrected chi connectivity index (χ1v) is 5.55. The number of benzene rings is 1. The third-order valence-corrected chi connectivity index (χ3v) is 2.72. The van der Waals surface area contributed by atoms with E-state index in [0.717, 1.165) is 6.42 Å². The molecule has 0 bridgehead atoms. The highest BCUT2D eigenvalue weighted by atomic mass is 16.1. The number of anilines is 1. The van der Waals surface area contributed by atoms with Crippen LogP contribution in [0, 0.1) is 0 Å². The Morgan fingerprint density at radius 1 is 1.24 bits per heavy atom. The van der Waals surface area contributed by atoms with Crippen LogP contribution in [0.4, 0.5) is 5.69 Å². The molecule has 2 aromatic rings. The van der Waals surface area contributed by atoms with E-state index in [1.807, 2.05) is 24.3 Å². The van der Waals surface area contributed by atoms with Crippen molar-refractivity contribution >= 4 is 11.5 Å². The summed E-state index contributed by atoms with van der Waals surface area (Å²) in [6.45, 7) is 2.08. The van der Waals surface area contributed by atoms with E-state index in [2.05, 4.69) is 11.9 Å². The van der Waals surface area contributed by atoms with Crippen LogP contribution in [0.15, 0.2) is 42.7 Å². The van der Waals surface area contributed by atoms with Crippen molar-refractivity contribution in [3.05, 3.63) is 59.4 Å². The van der Waals surface area contributed by atoms with Crippen molar-refractivity contribution in [1.82, 2.24) is 4.98 Å². The summed E-state index contributed by atoms with van der Waals surface area (Å²) in [5, 5.41) is 0. The number of nitrogens with two attached hydrogens (primary N) is 1. The first-order chi connectivity index (χ1) is 8.22. The number of nitrogens with zero attached hydrogens (tertiary/aromatic N) is 1. The summed E-state index contributed by atoms with van der Waals surface area (Å²) in [6.07, 6.45) is 4.04. The van der Waals surface area contributed by atoms with E-state index >= 15 is 0 Å². The summed E-state index contributed by atoms with van der Waals surface area (Å²) in [4.78, 5) is 16.1. The van der Waals surface area contributed by atoms with Crippen molar-refractivity contribution in [2.24, 2.45) is 0 Å². The Bertz CT molecular complexity index is 532. The molecule has 0 unspecified atom stereocenters. The molecular formula is C14H14N2O. The molecule has 3 heteroatoms. The summed E-state index contributed by atoms with van der Waals surface area (Å²) < 4.78 is 0. The van der Waals surface area contributed by atoms with Gasteiger partial charge in [0.25, 0.3) is 0 Å². The van der Waals surface area contributed by atoms with Crippen LogP contribution in [-0.4, -0.2) is 10.8 Å². The zero-order chi connectivity index (χ0) is 12.3. The standard InChI is InChI=1S/C14H14N2O/c1-2-10-3-5-11(6-4-10)14(17)12-9-16-8-7-13(12)15/h3-9H,2H2,1H3,(H2,15,16). The molecule has 0 aliphatic rings. The first-order valence-electron chi connectivity index (χ1n) is 5.55. The molecule has 3 nitrogen and oxygen atoms in total. The number of hydrogen-bond acceptors (Lipinski definition) is 3. The number of carbonyl (C=O) groups excluding carboxylic acids is 1. The molecule has 0 spiro atoms. The van der Waals surface area contributed by atoms with Crippen molar-refractivity contribution < 1.29 is 4.79 Å². The Kier molecular flexibility index (Phi) is 3.19. The van der Waals surface area contributed by atoms with Gasteiger partial charge in [-0.25, -0.2) is 0 Å². The van der Waals surface area contributed by atoms with Gasteiger partial charge < -0.3 is 5.73 Å². The van der Waals surface area contributed by atoms with Gasteiger partial charge in [-0.3, -0.25) is 9.78 Å². The number of hydrogen-bond donors (Lipinski definition) is 1. The molecule has 1 heterocycles. The van der Waals surface area contributed by atoms with E-state index in [0.29, 0.717) is 16.8 Å². The lowest BCUT2D eigenvalue weighted by molar-refractivity contribution is 0.103. The van der Waals surface area contributed by atoms with Crippen molar-refractivity contribution in [1.29, 1.82) is 0 Å². The number of pyridine rings is 1. The van der Waals surface area contributed by atoms with Crippen LogP contribution in [0.1, 0.15) is 28.4 Å². The van der Waals surface area contributed by atoms with E-state index in [1.54, 1.807) is 12.3 Å². The van der Waals surface area contributed by atoms with E-state index in [-0.39, 0.29) is 5.78 Å². The van der Waals surface area contributed by atoms with E-state index in [9.17, 15) is 4.79 Å². The van der Waals surface area contributed by atoms with Gasteiger partial charge in [0, 0.05) is 23.6 Å². The molecule has 17 heavy (non-hydrogen) atoms. The number of aryl methyl sites for hydroxylation is 1. The molecule has 0 amide bonds. The van der Waals surface area contributed by atoms with Crippen LogP contribution in [0.25, 0.3) is 0 Å². The minimum Gasteiger partial charge on any atom is -0.398 e. The highest BCUT2D eigenvalue weighted by Gasteiger charge is 2.11. The SMILES string of the molecule is CCc1ccc(C(=O)c2cnccc2N)cc1. The lowest BCUT2D eigenvalue weighted by atomic mass is 10.0. The second-order valence-electron chi connectivity index (χ2n) is 3.84. The predicted octanol–water partition coefficient (Wildman–Crippen LogP) is 2.46. The van der Waals surface area contributed by atoms with Crippen LogP contribution in [0.5, 0.6) is 0 Å². The van der Waals surface area contributed by atoms with Crippen LogP contribution < -0.4 is 5.73 Å². The highest BCUT2D eigenvalue weighted by molar-refractivity contribution is 6.11. The molecule has 86 valence electrons. The summed E-state index contributed by atoms with van der Waals surface area (Å²) in [5.41, 5.74) is 8.52. The first kappa shape index (κ1) is 11.3. The molecule has 1 aromatic carbocycles. The molecule has 0 saturated carbocycles. The van der Waals surface area contributed by atoms with Gasteiger partial charge in [-0.15, -0.1) is 0 Å². The predicted molar refractivity (Wildman–Crippen MR) is 67.9 cm³/mol. The molecular weight excluding hydrogens is 212 g/mol. The Morgan fingerprint density at radius 2 is 1.94 bits per heavy atom. The number of ketones is 1. The second kappa shape index (κ2) is 4.78. The quantitative estimate of drug-likeness (QED) is 0.818. The average molecular weight is 226 g/mol. The van der Waals surface area contributed by atoms with Crippen LogP contribution in [0.3, 0.4) is 0 Å². The van der Waals surface area contributed by atoms with Gasteiger partial charge in [0.2, 0.25) is 0 Å². The average Bonchev–Trinajstić information content (AvgIpc) is 2.39. The zero-order valence-corrected chi connectivity index (χ0v) is 9.68. The third-order valence-electron chi connectivity index (χ3n) is 2.72. The number of carbonyl (C=O) groups is 1. The maximum atomic E-state index is 12.1. The van der Waals surface area contributed by atoms with Crippen LogP contribution in [0.2, 0.25) is 0 Å². The van der Waals surface area contributed by atoms with Crippen molar-refractivity contribution in [3.63, 3.8) is 0 Å². The number of aromatic nitrogens is 1. The maximum Gasteiger partial charge on any atom is 0.196 e. The van der Waals surface area contributed by atoms with Gasteiger partial charge in [-0.05, 0) is 18.1 Å². The van der Waals surface area contributed by atoms with Gasteiger partial charge in [0.1, 0.15) is 0 Å². The minimum atomic E-state index is -0.0850. The molecule has 1 aromatic heterocycles. The molecule has 2 N–H and O–H groups in total.